The van der Waals surface area contributed by atoms with Gasteiger partial charge in [-0.2, -0.15) is 8.42 Å². The summed E-state index contributed by atoms with van der Waals surface area (Å²) >= 11 is 0. The van der Waals surface area contributed by atoms with Gasteiger partial charge in [0.25, 0.3) is 0 Å². The average molecular weight is 407 g/mol. The number of unbranched alkanes of at least 4 members (excludes halogenated alkanes) is 13. The van der Waals surface area contributed by atoms with Gasteiger partial charge in [-0.15, -0.1) is 0 Å². The lowest BCUT2D eigenvalue weighted by atomic mass is 10.0. The molecule has 162 valence electrons. The molecule has 0 aliphatic carbocycles. The van der Waals surface area contributed by atoms with Gasteiger partial charge in [0.05, 0.1) is 6.67 Å². The maximum atomic E-state index is 8.74. The Kier molecular flexibility index (Phi) is 16.8. The van der Waals surface area contributed by atoms with Crippen molar-refractivity contribution in [1.29, 1.82) is 0 Å². The second-order valence-corrected chi connectivity index (χ2v) is 8.45. The number of hydrogen-bond donors (Lipinski definition) is 2. The summed E-state index contributed by atoms with van der Waals surface area (Å²) in [7, 11) is -2.53. The van der Waals surface area contributed by atoms with Gasteiger partial charge in [-0.25, -0.2) is 0 Å². The molecule has 0 spiro atoms. The summed E-state index contributed by atoms with van der Waals surface area (Å²) in [6.07, 6.45) is 24.6. The number of nitrogens with zero attached hydrogens (tertiary/aromatic N) is 2. The molecule has 0 aromatic carbocycles. The lowest BCUT2D eigenvalue weighted by Gasteiger charge is -2.17. The molecule has 0 bridgehead atoms. The second-order valence-electron chi connectivity index (χ2n) is 7.55. The fourth-order valence-electron chi connectivity index (χ4n) is 3.24. The van der Waals surface area contributed by atoms with E-state index >= 15 is 0 Å². The van der Waals surface area contributed by atoms with Crippen LogP contribution >= 0.6 is 0 Å². The Morgan fingerprint density at radius 2 is 1.11 bits per heavy atom. The minimum Gasteiger partial charge on any atom is -0.362 e. The largest absolute Gasteiger partial charge is 0.394 e. The minimum absolute atomic E-state index is 1.08. The quantitative estimate of drug-likeness (QED) is 0.276. The molecule has 2 N–H and O–H groups in total. The predicted molar refractivity (Wildman–Crippen MR) is 113 cm³/mol. The zero-order valence-electron chi connectivity index (χ0n) is 17.5. The van der Waals surface area contributed by atoms with Gasteiger partial charge in [0.15, 0.2) is 0 Å². The molecule has 1 aliphatic rings. The van der Waals surface area contributed by atoms with Crippen molar-refractivity contribution in [2.75, 3.05) is 20.3 Å². The van der Waals surface area contributed by atoms with Crippen molar-refractivity contribution in [2.45, 2.75) is 96.8 Å². The van der Waals surface area contributed by atoms with Crippen molar-refractivity contribution in [2.24, 2.45) is 0 Å². The van der Waals surface area contributed by atoms with Gasteiger partial charge >= 0.3 is 10.4 Å². The summed E-state index contributed by atoms with van der Waals surface area (Å²) in [5.74, 6) is 0. The van der Waals surface area contributed by atoms with E-state index in [1.807, 2.05) is 0 Å². The van der Waals surface area contributed by atoms with Crippen molar-refractivity contribution < 1.29 is 17.5 Å². The highest BCUT2D eigenvalue weighted by atomic mass is 32.3. The highest BCUT2D eigenvalue weighted by Crippen LogP contribution is 2.13. The first kappa shape index (κ1) is 26.2. The molecule has 1 rings (SSSR count). The summed E-state index contributed by atoms with van der Waals surface area (Å²) in [5, 5.41) is 0. The summed E-state index contributed by atoms with van der Waals surface area (Å²) in [6, 6.07) is 0. The molecule has 1 aliphatic heterocycles. The molecule has 0 unspecified atom stereocenters. The Morgan fingerprint density at radius 1 is 0.741 bits per heavy atom. The fraction of sp³-hybridized carbons (Fsp3) is 0.900. The van der Waals surface area contributed by atoms with Gasteiger partial charge in [-0.1, -0.05) is 90.4 Å². The van der Waals surface area contributed by atoms with E-state index in [1.54, 1.807) is 0 Å². The van der Waals surface area contributed by atoms with E-state index in [0.717, 1.165) is 6.67 Å². The molecule has 0 saturated carbocycles. The predicted octanol–water partition coefficient (Wildman–Crippen LogP) is 5.49. The normalized spacial score (nSPS) is 13.8. The third kappa shape index (κ3) is 23.2. The molecule has 6 nitrogen and oxygen atoms in total. The van der Waals surface area contributed by atoms with Crippen LogP contribution in [0.4, 0.5) is 0 Å². The van der Waals surface area contributed by atoms with Crippen LogP contribution in [0.3, 0.4) is 0 Å². The van der Waals surface area contributed by atoms with Crippen LogP contribution in [0.2, 0.25) is 0 Å². The van der Waals surface area contributed by atoms with Crippen molar-refractivity contribution >= 4 is 10.4 Å². The zero-order chi connectivity index (χ0) is 20.4. The van der Waals surface area contributed by atoms with E-state index in [4.69, 9.17) is 17.5 Å². The highest BCUT2D eigenvalue weighted by molar-refractivity contribution is 7.79. The van der Waals surface area contributed by atoms with E-state index in [0.29, 0.717) is 0 Å². The van der Waals surface area contributed by atoms with Crippen LogP contribution < -0.4 is 0 Å². The molecule has 0 atom stereocenters. The van der Waals surface area contributed by atoms with Gasteiger partial charge in [0.1, 0.15) is 0 Å². The van der Waals surface area contributed by atoms with Gasteiger partial charge in [-0.3, -0.25) is 9.11 Å². The van der Waals surface area contributed by atoms with Crippen molar-refractivity contribution in [3.05, 3.63) is 12.4 Å². The lowest BCUT2D eigenvalue weighted by Crippen LogP contribution is -2.23. The minimum atomic E-state index is -4.67. The summed E-state index contributed by atoms with van der Waals surface area (Å²) in [6.45, 7) is 4.61. The molecule has 0 radical (unpaired) electrons. The Labute approximate surface area is 167 Å². The monoisotopic (exact) mass is 406 g/mol. The van der Waals surface area contributed by atoms with Crippen molar-refractivity contribution in [3.8, 4) is 0 Å². The summed E-state index contributed by atoms with van der Waals surface area (Å²) in [4.78, 5) is 4.66. The number of hydrogen-bond acceptors (Lipinski definition) is 4. The fourth-order valence-corrected chi connectivity index (χ4v) is 3.24. The van der Waals surface area contributed by atoms with Gasteiger partial charge in [0.2, 0.25) is 0 Å². The third-order valence-electron chi connectivity index (χ3n) is 4.74. The third-order valence-corrected chi connectivity index (χ3v) is 4.74. The van der Waals surface area contributed by atoms with Gasteiger partial charge in [0, 0.05) is 26.0 Å². The van der Waals surface area contributed by atoms with Crippen LogP contribution in [-0.2, 0) is 10.4 Å². The molecular formula is C20H42N2O4S. The first-order chi connectivity index (χ1) is 12.8. The maximum Gasteiger partial charge on any atom is 0.394 e. The molecule has 0 aromatic heterocycles. The Morgan fingerprint density at radius 3 is 1.44 bits per heavy atom. The number of rotatable bonds is 15. The maximum absolute atomic E-state index is 8.74. The Balaban J connectivity index is 0.00000119. The smallest absolute Gasteiger partial charge is 0.362 e. The van der Waals surface area contributed by atoms with E-state index in [9.17, 15) is 0 Å². The second kappa shape index (κ2) is 17.3. The lowest BCUT2D eigenvalue weighted by molar-refractivity contribution is 0.290. The van der Waals surface area contributed by atoms with E-state index in [2.05, 4.69) is 36.2 Å². The molecule has 1 heterocycles. The molecule has 27 heavy (non-hydrogen) atoms. The molecule has 0 saturated heterocycles. The van der Waals surface area contributed by atoms with E-state index < -0.39 is 10.4 Å². The molecule has 0 aromatic rings. The van der Waals surface area contributed by atoms with E-state index in [1.165, 1.54) is 96.4 Å². The highest BCUT2D eigenvalue weighted by Gasteiger charge is 2.06. The molecular weight excluding hydrogens is 364 g/mol. The SMILES string of the molecule is CCCCCCCCCCCCCCCCN1C=CN(C)C1.O=S(=O)(O)O. The van der Waals surface area contributed by atoms with Crippen LogP contribution in [0.15, 0.2) is 12.4 Å². The van der Waals surface area contributed by atoms with Gasteiger partial charge in [-0.05, 0) is 6.42 Å². The zero-order valence-corrected chi connectivity index (χ0v) is 18.3. The summed E-state index contributed by atoms with van der Waals surface area (Å²) in [5.41, 5.74) is 0. The van der Waals surface area contributed by atoms with E-state index in [-0.39, 0.29) is 0 Å². The first-order valence-electron chi connectivity index (χ1n) is 10.7. The summed E-state index contributed by atoms with van der Waals surface area (Å²) < 4.78 is 31.6. The van der Waals surface area contributed by atoms with Gasteiger partial charge < -0.3 is 9.80 Å². The van der Waals surface area contributed by atoms with Crippen LogP contribution in [-0.4, -0.2) is 47.6 Å². The standard InChI is InChI=1S/C20H40N2.H2O4S/c1-3-4-5-6-7-8-9-10-11-12-13-14-15-16-17-22-19-18-21(2)20-22;1-5(2,3)4/h18-19H,3-17,20H2,1-2H3;(H2,1,2,3,4). The Hall–Kier alpha value is -0.790. The molecule has 0 amide bonds. The molecule has 7 heteroatoms. The van der Waals surface area contributed by atoms with Crippen molar-refractivity contribution in [1.82, 2.24) is 9.80 Å². The van der Waals surface area contributed by atoms with Crippen LogP contribution in [0.1, 0.15) is 96.8 Å². The first-order valence-corrected chi connectivity index (χ1v) is 12.0. The van der Waals surface area contributed by atoms with Crippen LogP contribution in [0.25, 0.3) is 0 Å². The van der Waals surface area contributed by atoms with Crippen LogP contribution in [0, 0.1) is 0 Å². The van der Waals surface area contributed by atoms with Crippen LogP contribution in [0.5, 0.6) is 0 Å². The Bertz CT molecular complexity index is 447. The molecule has 0 fully saturated rings. The average Bonchev–Trinajstić information content (AvgIpc) is 2.99. The van der Waals surface area contributed by atoms with Crippen molar-refractivity contribution in [3.63, 3.8) is 0 Å². The topological polar surface area (TPSA) is 81.1 Å².